The van der Waals surface area contributed by atoms with Gasteiger partial charge in [-0.25, -0.2) is 9.07 Å². The zero-order chi connectivity index (χ0) is 23.0. The monoisotopic (exact) mass is 448 g/mol. The SMILES string of the molecule is C[C@H](O)c1cccc(NC(=O)c2cc3n(n2)[C@@H](C(F)(F)F)C[C@@H](c2ccc(F)cc2)N3)c1. The molecule has 0 radical (unpaired) electrons. The lowest BCUT2D eigenvalue weighted by molar-refractivity contribution is -0.173. The van der Waals surface area contributed by atoms with E-state index >= 15 is 0 Å². The number of benzene rings is 2. The molecular formula is C22H20F4N4O2. The van der Waals surface area contributed by atoms with Crippen molar-refractivity contribution in [1.82, 2.24) is 9.78 Å². The van der Waals surface area contributed by atoms with Gasteiger partial charge in [-0.05, 0) is 42.3 Å². The number of nitrogens with one attached hydrogen (secondary N) is 2. The smallest absolute Gasteiger partial charge is 0.389 e. The number of carbonyl (C=O) groups excluding carboxylic acids is 1. The van der Waals surface area contributed by atoms with E-state index in [2.05, 4.69) is 15.7 Å². The lowest BCUT2D eigenvalue weighted by atomic mass is 9.97. The highest BCUT2D eigenvalue weighted by atomic mass is 19.4. The van der Waals surface area contributed by atoms with Gasteiger partial charge >= 0.3 is 6.18 Å². The molecule has 0 saturated carbocycles. The number of hydrogen-bond donors (Lipinski definition) is 3. The normalized spacial score (nSPS) is 19.1. The minimum absolute atomic E-state index is 0.0378. The molecule has 4 rings (SSSR count). The van der Waals surface area contributed by atoms with Gasteiger partial charge in [-0.15, -0.1) is 0 Å². The maximum Gasteiger partial charge on any atom is 0.410 e. The predicted octanol–water partition coefficient (Wildman–Crippen LogP) is 4.99. The van der Waals surface area contributed by atoms with Crippen LogP contribution in [0.5, 0.6) is 0 Å². The molecular weight excluding hydrogens is 428 g/mol. The van der Waals surface area contributed by atoms with Gasteiger partial charge in [-0.3, -0.25) is 4.79 Å². The third-order valence-electron chi connectivity index (χ3n) is 5.32. The first-order chi connectivity index (χ1) is 15.1. The van der Waals surface area contributed by atoms with Crippen LogP contribution in [0.2, 0.25) is 0 Å². The number of nitrogens with zero attached hydrogens (tertiary/aromatic N) is 2. The largest absolute Gasteiger partial charge is 0.410 e. The minimum atomic E-state index is -4.60. The molecule has 1 aliphatic heterocycles. The van der Waals surface area contributed by atoms with E-state index in [9.17, 15) is 27.5 Å². The molecule has 0 fully saturated rings. The Balaban J connectivity index is 1.62. The molecule has 6 nitrogen and oxygen atoms in total. The molecule has 32 heavy (non-hydrogen) atoms. The van der Waals surface area contributed by atoms with Crippen LogP contribution in [0.25, 0.3) is 0 Å². The van der Waals surface area contributed by atoms with Gasteiger partial charge in [-0.2, -0.15) is 18.3 Å². The van der Waals surface area contributed by atoms with E-state index in [-0.39, 0.29) is 17.9 Å². The summed E-state index contributed by atoms with van der Waals surface area (Å²) in [4.78, 5) is 12.7. The second-order valence-corrected chi connectivity index (χ2v) is 7.66. The van der Waals surface area contributed by atoms with Gasteiger partial charge in [0.25, 0.3) is 5.91 Å². The number of amides is 1. The first kappa shape index (κ1) is 21.8. The summed E-state index contributed by atoms with van der Waals surface area (Å²) in [6, 6.07) is 10.3. The highest BCUT2D eigenvalue weighted by molar-refractivity contribution is 6.03. The lowest BCUT2D eigenvalue weighted by Crippen LogP contribution is -2.35. The number of hydrogen-bond acceptors (Lipinski definition) is 4. The molecule has 0 bridgehead atoms. The second kappa shape index (κ2) is 8.27. The fraction of sp³-hybridized carbons (Fsp3) is 0.273. The van der Waals surface area contributed by atoms with Crippen LogP contribution in [-0.4, -0.2) is 27.0 Å². The van der Waals surface area contributed by atoms with E-state index in [1.807, 2.05) is 0 Å². The number of carbonyl (C=O) groups is 1. The van der Waals surface area contributed by atoms with Crippen LogP contribution in [0.3, 0.4) is 0 Å². The molecule has 1 aromatic heterocycles. The summed E-state index contributed by atoms with van der Waals surface area (Å²) >= 11 is 0. The lowest BCUT2D eigenvalue weighted by Gasteiger charge is -2.33. The van der Waals surface area contributed by atoms with Crippen LogP contribution in [-0.2, 0) is 0 Å². The van der Waals surface area contributed by atoms with E-state index in [1.165, 1.54) is 30.3 Å². The summed E-state index contributed by atoms with van der Waals surface area (Å²) in [7, 11) is 0. The first-order valence-corrected chi connectivity index (χ1v) is 9.89. The number of fused-ring (bicyclic) bond motifs is 1. The number of aliphatic hydroxyl groups excluding tert-OH is 1. The van der Waals surface area contributed by atoms with Gasteiger partial charge in [0, 0.05) is 18.2 Å². The molecule has 0 spiro atoms. The van der Waals surface area contributed by atoms with Crippen molar-refractivity contribution in [2.75, 3.05) is 10.6 Å². The molecule has 2 aromatic carbocycles. The Labute approximate surface area is 180 Å². The molecule has 0 saturated heterocycles. The molecule has 0 unspecified atom stereocenters. The maximum absolute atomic E-state index is 13.8. The van der Waals surface area contributed by atoms with Crippen LogP contribution in [0, 0.1) is 5.82 Å². The van der Waals surface area contributed by atoms with E-state index < -0.39 is 36.1 Å². The molecule has 168 valence electrons. The van der Waals surface area contributed by atoms with Gasteiger partial charge in [-0.1, -0.05) is 24.3 Å². The van der Waals surface area contributed by atoms with Crippen molar-refractivity contribution in [2.45, 2.75) is 37.7 Å². The molecule has 1 aliphatic rings. The summed E-state index contributed by atoms with van der Waals surface area (Å²) in [5.74, 6) is -1.13. The average Bonchev–Trinajstić information content (AvgIpc) is 3.17. The van der Waals surface area contributed by atoms with Gasteiger partial charge in [0.1, 0.15) is 11.6 Å². The standard InChI is InChI=1S/C22H20F4N4O2/c1-12(31)14-3-2-4-16(9-14)27-21(32)18-11-20-28-17(13-5-7-15(23)8-6-13)10-19(22(24,25)26)30(20)29-18/h2-9,11-12,17,19,28,31H,10H2,1H3,(H,27,32)/t12-,17-,19+/m0/s1. The third kappa shape index (κ3) is 4.45. The molecule has 10 heteroatoms. The Morgan fingerprint density at radius 1 is 1.22 bits per heavy atom. The van der Waals surface area contributed by atoms with E-state index in [4.69, 9.17) is 0 Å². The van der Waals surface area contributed by atoms with Gasteiger partial charge in [0.2, 0.25) is 0 Å². The van der Waals surface area contributed by atoms with Gasteiger partial charge in [0.15, 0.2) is 11.7 Å². The number of rotatable bonds is 4. The number of anilines is 2. The third-order valence-corrected chi connectivity index (χ3v) is 5.32. The Hall–Kier alpha value is -3.40. The van der Waals surface area contributed by atoms with Crippen LogP contribution in [0.15, 0.2) is 54.6 Å². The van der Waals surface area contributed by atoms with E-state index in [0.29, 0.717) is 16.8 Å². The summed E-state index contributed by atoms with van der Waals surface area (Å²) < 4.78 is 55.3. The van der Waals surface area contributed by atoms with Crippen molar-refractivity contribution in [2.24, 2.45) is 0 Å². The highest BCUT2D eigenvalue weighted by Crippen LogP contribution is 2.43. The fourth-order valence-electron chi connectivity index (χ4n) is 3.67. The quantitative estimate of drug-likeness (QED) is 0.492. The highest BCUT2D eigenvalue weighted by Gasteiger charge is 2.46. The molecule has 2 heterocycles. The summed E-state index contributed by atoms with van der Waals surface area (Å²) in [5.41, 5.74) is 1.26. The second-order valence-electron chi connectivity index (χ2n) is 7.66. The van der Waals surface area contributed by atoms with Crippen molar-refractivity contribution in [3.05, 3.63) is 77.2 Å². The van der Waals surface area contributed by atoms with E-state index in [0.717, 1.165) is 4.68 Å². The zero-order valence-corrected chi connectivity index (χ0v) is 16.9. The first-order valence-electron chi connectivity index (χ1n) is 9.89. The van der Waals surface area contributed by atoms with Crippen LogP contribution in [0.4, 0.5) is 29.1 Å². The Bertz CT molecular complexity index is 1130. The number of halogens is 4. The van der Waals surface area contributed by atoms with Crippen LogP contribution >= 0.6 is 0 Å². The predicted molar refractivity (Wildman–Crippen MR) is 110 cm³/mol. The Morgan fingerprint density at radius 3 is 2.59 bits per heavy atom. The van der Waals surface area contributed by atoms with E-state index in [1.54, 1.807) is 31.2 Å². The van der Waals surface area contributed by atoms with Crippen molar-refractivity contribution < 1.29 is 27.5 Å². The van der Waals surface area contributed by atoms with Crippen molar-refractivity contribution in [3.63, 3.8) is 0 Å². The minimum Gasteiger partial charge on any atom is -0.389 e. The van der Waals surface area contributed by atoms with Crippen molar-refractivity contribution in [3.8, 4) is 0 Å². The maximum atomic E-state index is 13.8. The number of aromatic nitrogens is 2. The Morgan fingerprint density at radius 2 is 1.94 bits per heavy atom. The number of aliphatic hydroxyl groups is 1. The van der Waals surface area contributed by atoms with Gasteiger partial charge < -0.3 is 15.7 Å². The van der Waals surface area contributed by atoms with Crippen molar-refractivity contribution in [1.29, 1.82) is 0 Å². The summed E-state index contributed by atoms with van der Waals surface area (Å²) in [5, 5.41) is 19.1. The van der Waals surface area contributed by atoms with Crippen molar-refractivity contribution >= 4 is 17.4 Å². The number of alkyl halides is 3. The zero-order valence-electron chi connectivity index (χ0n) is 16.9. The molecule has 3 N–H and O–H groups in total. The van der Waals surface area contributed by atoms with Gasteiger partial charge in [0.05, 0.1) is 12.1 Å². The summed E-state index contributed by atoms with van der Waals surface area (Å²) in [6.07, 6.45) is -5.70. The summed E-state index contributed by atoms with van der Waals surface area (Å²) in [6.45, 7) is 1.57. The molecule has 0 aliphatic carbocycles. The van der Waals surface area contributed by atoms with Crippen LogP contribution < -0.4 is 10.6 Å². The molecule has 1 amide bonds. The molecule has 3 atom stereocenters. The topological polar surface area (TPSA) is 79.2 Å². The Kier molecular flexibility index (Phi) is 5.64. The average molecular weight is 448 g/mol. The fourth-order valence-corrected chi connectivity index (χ4v) is 3.67. The van der Waals surface area contributed by atoms with Crippen LogP contribution in [0.1, 0.15) is 53.1 Å². The molecule has 3 aromatic rings.